The third kappa shape index (κ3) is 8.06. The van der Waals surface area contributed by atoms with Crippen molar-refractivity contribution >= 4 is 0 Å². The first-order chi connectivity index (χ1) is 6.61. The molecule has 0 aromatic rings. The van der Waals surface area contributed by atoms with Crippen LogP contribution in [0.5, 0.6) is 0 Å². The summed E-state index contributed by atoms with van der Waals surface area (Å²) in [6.45, 7) is 13.3. The molecule has 0 rings (SSSR count). The van der Waals surface area contributed by atoms with Gasteiger partial charge in [0.05, 0.1) is 6.61 Å². The van der Waals surface area contributed by atoms with Gasteiger partial charge in [0.25, 0.3) is 0 Å². The highest BCUT2D eigenvalue weighted by Gasteiger charge is 1.97. The van der Waals surface area contributed by atoms with E-state index in [2.05, 4.69) is 32.9 Å². The molecule has 0 saturated heterocycles. The molecule has 1 nitrogen and oxygen atoms in total. The van der Waals surface area contributed by atoms with E-state index in [-0.39, 0.29) is 0 Å². The van der Waals surface area contributed by atoms with Gasteiger partial charge in [0, 0.05) is 7.11 Å². The van der Waals surface area contributed by atoms with Crippen molar-refractivity contribution in [1.29, 1.82) is 0 Å². The van der Waals surface area contributed by atoms with E-state index in [1.807, 2.05) is 20.8 Å². The Morgan fingerprint density at radius 3 is 2.07 bits per heavy atom. The smallest absolute Gasteiger partial charge is 0.0709 e. The number of hydrogen-bond donors (Lipinski definition) is 0. The van der Waals surface area contributed by atoms with Crippen molar-refractivity contribution in [3.8, 4) is 0 Å². The Morgan fingerprint density at radius 1 is 1.29 bits per heavy atom. The van der Waals surface area contributed by atoms with Crippen LogP contribution in [0.25, 0.3) is 0 Å². The second kappa shape index (κ2) is 10.5. The van der Waals surface area contributed by atoms with Gasteiger partial charge in [0.2, 0.25) is 0 Å². The van der Waals surface area contributed by atoms with Gasteiger partial charge in [-0.2, -0.15) is 0 Å². The standard InChI is InChI=1S/C11H20O.C2H6/c1-6-11(8-12-5)7-10(4)9(2)3;1-2/h6-7,9H,8H2,1-5H3;1-2H3/b10-7+,11-6+;. The fourth-order valence-electron chi connectivity index (χ4n) is 0.834. The fourth-order valence-corrected chi connectivity index (χ4v) is 0.834. The molecule has 0 fully saturated rings. The first kappa shape index (κ1) is 15.9. The normalized spacial score (nSPS) is 12.6. The Bertz CT molecular complexity index is 176. The molecule has 14 heavy (non-hydrogen) atoms. The monoisotopic (exact) mass is 198 g/mol. The van der Waals surface area contributed by atoms with Crippen molar-refractivity contribution < 1.29 is 4.74 Å². The lowest BCUT2D eigenvalue weighted by Crippen LogP contribution is -1.95. The lowest BCUT2D eigenvalue weighted by atomic mass is 10.0. The van der Waals surface area contributed by atoms with Crippen molar-refractivity contribution in [1.82, 2.24) is 0 Å². The predicted octanol–water partition coefficient (Wildman–Crippen LogP) is 4.21. The molecular formula is C13H26O. The largest absolute Gasteiger partial charge is 0.380 e. The highest BCUT2D eigenvalue weighted by atomic mass is 16.5. The average molecular weight is 198 g/mol. The van der Waals surface area contributed by atoms with Gasteiger partial charge < -0.3 is 4.74 Å². The van der Waals surface area contributed by atoms with Gasteiger partial charge in [-0.1, -0.05) is 45.4 Å². The number of methoxy groups -OCH3 is 1. The first-order valence-electron chi connectivity index (χ1n) is 5.44. The fraction of sp³-hybridized carbons (Fsp3) is 0.692. The van der Waals surface area contributed by atoms with Crippen LogP contribution in [0.3, 0.4) is 0 Å². The summed E-state index contributed by atoms with van der Waals surface area (Å²) in [5.41, 5.74) is 2.66. The van der Waals surface area contributed by atoms with Gasteiger partial charge in [-0.15, -0.1) is 0 Å². The Kier molecular flexibility index (Phi) is 11.9. The summed E-state index contributed by atoms with van der Waals surface area (Å²) in [5, 5.41) is 0. The van der Waals surface area contributed by atoms with Gasteiger partial charge in [0.15, 0.2) is 0 Å². The zero-order chi connectivity index (χ0) is 11.6. The zero-order valence-corrected chi connectivity index (χ0v) is 10.8. The van der Waals surface area contributed by atoms with Gasteiger partial charge in [0.1, 0.15) is 0 Å². The van der Waals surface area contributed by atoms with Gasteiger partial charge in [-0.3, -0.25) is 0 Å². The third-order valence-electron chi connectivity index (χ3n) is 2.01. The van der Waals surface area contributed by atoms with Gasteiger partial charge in [-0.25, -0.2) is 0 Å². The Balaban J connectivity index is 0. The van der Waals surface area contributed by atoms with Crippen LogP contribution in [-0.2, 0) is 4.74 Å². The minimum absolute atomic E-state index is 0.622. The van der Waals surface area contributed by atoms with Crippen LogP contribution in [0.2, 0.25) is 0 Å². The maximum Gasteiger partial charge on any atom is 0.0709 e. The van der Waals surface area contributed by atoms with E-state index in [9.17, 15) is 0 Å². The van der Waals surface area contributed by atoms with Crippen LogP contribution >= 0.6 is 0 Å². The molecule has 0 amide bonds. The van der Waals surface area contributed by atoms with E-state index in [4.69, 9.17) is 4.74 Å². The molecule has 0 aromatic carbocycles. The molecule has 1 heteroatoms. The lowest BCUT2D eigenvalue weighted by Gasteiger charge is -2.06. The van der Waals surface area contributed by atoms with E-state index < -0.39 is 0 Å². The number of rotatable bonds is 4. The van der Waals surface area contributed by atoms with Crippen molar-refractivity contribution in [3.63, 3.8) is 0 Å². The summed E-state index contributed by atoms with van der Waals surface area (Å²) >= 11 is 0. The molecule has 0 radical (unpaired) electrons. The summed E-state index contributed by atoms with van der Waals surface area (Å²) in [6, 6.07) is 0. The van der Waals surface area contributed by atoms with E-state index >= 15 is 0 Å². The SMILES string of the molecule is C/C=C(\C=C(/C)C(C)C)COC.CC. The minimum Gasteiger partial charge on any atom is -0.380 e. The van der Waals surface area contributed by atoms with E-state index in [0.717, 1.165) is 0 Å². The highest BCUT2D eigenvalue weighted by Crippen LogP contribution is 2.11. The zero-order valence-electron chi connectivity index (χ0n) is 10.8. The third-order valence-corrected chi connectivity index (χ3v) is 2.01. The minimum atomic E-state index is 0.622. The molecule has 0 N–H and O–H groups in total. The highest BCUT2D eigenvalue weighted by molar-refractivity contribution is 5.23. The summed E-state index contributed by atoms with van der Waals surface area (Å²) < 4.78 is 5.06. The number of ether oxygens (including phenoxy) is 1. The van der Waals surface area contributed by atoms with Crippen LogP contribution in [0, 0.1) is 5.92 Å². The predicted molar refractivity (Wildman–Crippen MR) is 65.6 cm³/mol. The number of hydrogen-bond acceptors (Lipinski definition) is 1. The van der Waals surface area contributed by atoms with Crippen LogP contribution in [0.1, 0.15) is 41.5 Å². The molecule has 0 atom stereocenters. The number of allylic oxidation sites excluding steroid dienone is 2. The summed E-state index contributed by atoms with van der Waals surface area (Å²) in [7, 11) is 1.72. The average Bonchev–Trinajstić information content (AvgIpc) is 2.19. The van der Waals surface area contributed by atoms with Crippen LogP contribution in [0.4, 0.5) is 0 Å². The molecule has 0 saturated carbocycles. The molecule has 0 aliphatic rings. The van der Waals surface area contributed by atoms with Crippen LogP contribution < -0.4 is 0 Å². The molecule has 0 unspecified atom stereocenters. The van der Waals surface area contributed by atoms with E-state index in [0.29, 0.717) is 12.5 Å². The van der Waals surface area contributed by atoms with Crippen molar-refractivity contribution in [2.75, 3.05) is 13.7 Å². The maximum absolute atomic E-state index is 5.06. The molecule has 0 heterocycles. The van der Waals surface area contributed by atoms with Gasteiger partial charge >= 0.3 is 0 Å². The second-order valence-electron chi connectivity index (χ2n) is 3.34. The summed E-state index contributed by atoms with van der Waals surface area (Å²) in [5.74, 6) is 0.622. The molecule has 0 bridgehead atoms. The van der Waals surface area contributed by atoms with E-state index in [1.165, 1.54) is 11.1 Å². The van der Waals surface area contributed by atoms with Gasteiger partial charge in [-0.05, 0) is 25.3 Å². The summed E-state index contributed by atoms with van der Waals surface area (Å²) in [6.07, 6.45) is 4.30. The van der Waals surface area contributed by atoms with Crippen molar-refractivity contribution in [2.24, 2.45) is 5.92 Å². The van der Waals surface area contributed by atoms with Crippen LogP contribution in [-0.4, -0.2) is 13.7 Å². The van der Waals surface area contributed by atoms with Crippen LogP contribution in [0.15, 0.2) is 23.3 Å². The summed E-state index contributed by atoms with van der Waals surface area (Å²) in [4.78, 5) is 0. The maximum atomic E-state index is 5.06. The molecular weight excluding hydrogens is 172 g/mol. The Labute approximate surface area is 89.9 Å². The Morgan fingerprint density at radius 2 is 1.79 bits per heavy atom. The molecule has 0 aromatic heterocycles. The second-order valence-corrected chi connectivity index (χ2v) is 3.34. The lowest BCUT2D eigenvalue weighted by molar-refractivity contribution is 0.228. The Hall–Kier alpha value is -0.560. The quantitative estimate of drug-likeness (QED) is 0.615. The molecule has 84 valence electrons. The molecule has 0 spiro atoms. The van der Waals surface area contributed by atoms with E-state index in [1.54, 1.807) is 7.11 Å². The molecule has 0 aliphatic heterocycles. The topological polar surface area (TPSA) is 9.23 Å². The van der Waals surface area contributed by atoms with Crippen molar-refractivity contribution in [3.05, 3.63) is 23.3 Å². The first-order valence-corrected chi connectivity index (χ1v) is 5.44. The van der Waals surface area contributed by atoms with Crippen molar-refractivity contribution in [2.45, 2.75) is 41.5 Å². The molecule has 0 aliphatic carbocycles.